The Morgan fingerprint density at radius 2 is 2.10 bits per heavy atom. The zero-order valence-corrected chi connectivity index (χ0v) is 11.5. The van der Waals surface area contributed by atoms with E-state index in [0.29, 0.717) is 12.5 Å². The first-order valence-electron chi connectivity index (χ1n) is 7.15. The van der Waals surface area contributed by atoms with Gasteiger partial charge in [-0.3, -0.25) is 0 Å². The van der Waals surface area contributed by atoms with Gasteiger partial charge in [0, 0.05) is 19.4 Å². The molecule has 0 fully saturated rings. The van der Waals surface area contributed by atoms with E-state index in [1.54, 1.807) is 0 Å². The lowest BCUT2D eigenvalue weighted by Gasteiger charge is -2.22. The average Bonchev–Trinajstić information content (AvgIpc) is 2.91. The summed E-state index contributed by atoms with van der Waals surface area (Å²) < 4.78 is 7.94. The number of para-hydroxylation sites is 1. The summed E-state index contributed by atoms with van der Waals surface area (Å²) in [5.41, 5.74) is 5.78. The predicted octanol–water partition coefficient (Wildman–Crippen LogP) is 1.42. The van der Waals surface area contributed by atoms with Crippen molar-refractivity contribution in [2.45, 2.75) is 25.8 Å². The van der Waals surface area contributed by atoms with Gasteiger partial charge in [0.1, 0.15) is 17.4 Å². The molecule has 106 valence electrons. The molecule has 0 aliphatic carbocycles. The minimum Gasteiger partial charge on any atom is -0.493 e. The zero-order chi connectivity index (χ0) is 13.8. The molecule has 1 aromatic heterocycles. The molecule has 5 nitrogen and oxygen atoms in total. The van der Waals surface area contributed by atoms with Crippen molar-refractivity contribution in [3.05, 3.63) is 42.0 Å². The number of fused-ring (bicyclic) bond motifs is 1. The van der Waals surface area contributed by atoms with E-state index in [2.05, 4.69) is 14.8 Å². The van der Waals surface area contributed by atoms with E-state index in [-0.39, 0.29) is 0 Å². The van der Waals surface area contributed by atoms with E-state index < -0.39 is 0 Å². The molecular formula is C15H20N4O. The van der Waals surface area contributed by atoms with Crippen LogP contribution >= 0.6 is 0 Å². The fourth-order valence-electron chi connectivity index (χ4n) is 2.61. The highest BCUT2D eigenvalue weighted by Gasteiger charge is 2.21. The summed E-state index contributed by atoms with van der Waals surface area (Å²) in [6, 6.07) is 9.85. The Morgan fingerprint density at radius 1 is 1.25 bits per heavy atom. The summed E-state index contributed by atoms with van der Waals surface area (Å²) in [4.78, 5) is 0. The molecule has 1 aromatic carbocycles. The SMILES string of the molecule is NCC1CCc2nnc(CCOc3ccccc3)n2C1. The van der Waals surface area contributed by atoms with E-state index >= 15 is 0 Å². The minimum absolute atomic E-state index is 0.548. The number of hydrogen-bond acceptors (Lipinski definition) is 4. The fraction of sp³-hybridized carbons (Fsp3) is 0.467. The third kappa shape index (κ3) is 2.82. The van der Waals surface area contributed by atoms with Crippen molar-refractivity contribution in [3.8, 4) is 5.75 Å². The van der Waals surface area contributed by atoms with Gasteiger partial charge in [0.05, 0.1) is 6.61 Å². The summed E-state index contributed by atoms with van der Waals surface area (Å²) in [6.45, 7) is 2.30. The van der Waals surface area contributed by atoms with Crippen LogP contribution in [0.3, 0.4) is 0 Å². The molecule has 0 amide bonds. The molecule has 2 N–H and O–H groups in total. The molecular weight excluding hydrogens is 252 g/mol. The van der Waals surface area contributed by atoms with Gasteiger partial charge in [-0.25, -0.2) is 0 Å². The van der Waals surface area contributed by atoms with Gasteiger partial charge in [-0.15, -0.1) is 10.2 Å². The van der Waals surface area contributed by atoms with Crippen LogP contribution < -0.4 is 10.5 Å². The average molecular weight is 272 g/mol. The van der Waals surface area contributed by atoms with Crippen molar-refractivity contribution in [2.24, 2.45) is 11.7 Å². The molecule has 0 bridgehead atoms. The first kappa shape index (κ1) is 13.1. The molecule has 20 heavy (non-hydrogen) atoms. The van der Waals surface area contributed by atoms with Gasteiger partial charge in [-0.05, 0) is 31.0 Å². The topological polar surface area (TPSA) is 66.0 Å². The maximum absolute atomic E-state index is 5.78. The number of benzene rings is 1. The van der Waals surface area contributed by atoms with Crippen LogP contribution in [0.25, 0.3) is 0 Å². The number of ether oxygens (including phenoxy) is 1. The third-order valence-corrected chi connectivity index (χ3v) is 3.79. The van der Waals surface area contributed by atoms with Crippen LogP contribution in [0.15, 0.2) is 30.3 Å². The second-order valence-electron chi connectivity index (χ2n) is 5.19. The van der Waals surface area contributed by atoms with Crippen molar-refractivity contribution < 1.29 is 4.74 Å². The predicted molar refractivity (Wildman–Crippen MR) is 76.5 cm³/mol. The monoisotopic (exact) mass is 272 g/mol. The van der Waals surface area contributed by atoms with Crippen LogP contribution in [-0.4, -0.2) is 27.9 Å². The van der Waals surface area contributed by atoms with Crippen molar-refractivity contribution >= 4 is 0 Å². The molecule has 0 saturated heterocycles. The number of rotatable bonds is 5. The number of nitrogens with two attached hydrogens (primary N) is 1. The van der Waals surface area contributed by atoms with Crippen LogP contribution in [0.5, 0.6) is 5.75 Å². The standard InChI is InChI=1S/C15H20N4O/c16-10-12-6-7-14-17-18-15(19(14)11-12)8-9-20-13-4-2-1-3-5-13/h1-5,12H,6-11,16H2. The molecule has 1 aliphatic rings. The van der Waals surface area contributed by atoms with Crippen LogP contribution in [0.1, 0.15) is 18.1 Å². The lowest BCUT2D eigenvalue weighted by atomic mass is 9.99. The first-order chi connectivity index (χ1) is 9.86. The van der Waals surface area contributed by atoms with E-state index in [1.165, 1.54) is 0 Å². The summed E-state index contributed by atoms with van der Waals surface area (Å²) in [6.07, 6.45) is 2.88. The summed E-state index contributed by atoms with van der Waals surface area (Å²) in [5, 5.41) is 8.56. The van der Waals surface area contributed by atoms with Gasteiger partial charge >= 0.3 is 0 Å². The van der Waals surface area contributed by atoms with Crippen LogP contribution in [-0.2, 0) is 19.4 Å². The van der Waals surface area contributed by atoms with Crippen LogP contribution in [0, 0.1) is 5.92 Å². The summed E-state index contributed by atoms with van der Waals surface area (Å²) in [5.74, 6) is 3.54. The number of nitrogens with zero attached hydrogens (tertiary/aromatic N) is 3. The molecule has 2 heterocycles. The zero-order valence-electron chi connectivity index (χ0n) is 11.5. The highest BCUT2D eigenvalue weighted by molar-refractivity contribution is 5.20. The number of aromatic nitrogens is 3. The van der Waals surface area contributed by atoms with Crippen molar-refractivity contribution in [3.63, 3.8) is 0 Å². The summed E-state index contributed by atoms with van der Waals surface area (Å²) in [7, 11) is 0. The fourth-order valence-corrected chi connectivity index (χ4v) is 2.61. The first-order valence-corrected chi connectivity index (χ1v) is 7.15. The third-order valence-electron chi connectivity index (χ3n) is 3.79. The Kier molecular flexibility index (Phi) is 3.97. The molecule has 2 aromatic rings. The molecule has 5 heteroatoms. The second kappa shape index (κ2) is 6.05. The Balaban J connectivity index is 1.60. The number of hydrogen-bond donors (Lipinski definition) is 1. The highest BCUT2D eigenvalue weighted by Crippen LogP contribution is 2.19. The van der Waals surface area contributed by atoms with Gasteiger partial charge in [-0.2, -0.15) is 0 Å². The lowest BCUT2D eigenvalue weighted by Crippen LogP contribution is -2.27. The van der Waals surface area contributed by atoms with Crippen molar-refractivity contribution in [1.82, 2.24) is 14.8 Å². The molecule has 1 unspecified atom stereocenters. The maximum Gasteiger partial charge on any atom is 0.136 e. The van der Waals surface area contributed by atoms with Crippen molar-refractivity contribution in [1.29, 1.82) is 0 Å². The maximum atomic E-state index is 5.78. The molecule has 0 radical (unpaired) electrons. The molecule has 1 aliphatic heterocycles. The van der Waals surface area contributed by atoms with Gasteiger partial charge < -0.3 is 15.0 Å². The number of aryl methyl sites for hydroxylation is 1. The Hall–Kier alpha value is -1.88. The van der Waals surface area contributed by atoms with Gasteiger partial charge in [0.15, 0.2) is 0 Å². The lowest BCUT2D eigenvalue weighted by molar-refractivity contribution is 0.310. The minimum atomic E-state index is 0.548. The highest BCUT2D eigenvalue weighted by atomic mass is 16.5. The molecule has 0 spiro atoms. The van der Waals surface area contributed by atoms with E-state index in [1.807, 2.05) is 30.3 Å². The van der Waals surface area contributed by atoms with E-state index in [0.717, 1.165) is 49.8 Å². The second-order valence-corrected chi connectivity index (χ2v) is 5.19. The smallest absolute Gasteiger partial charge is 0.136 e. The molecule has 1 atom stereocenters. The van der Waals surface area contributed by atoms with Gasteiger partial charge in [0.25, 0.3) is 0 Å². The summed E-state index contributed by atoms with van der Waals surface area (Å²) >= 11 is 0. The largest absolute Gasteiger partial charge is 0.493 e. The normalized spacial score (nSPS) is 17.8. The van der Waals surface area contributed by atoms with Gasteiger partial charge in [-0.1, -0.05) is 18.2 Å². The van der Waals surface area contributed by atoms with Crippen LogP contribution in [0.4, 0.5) is 0 Å². The van der Waals surface area contributed by atoms with E-state index in [9.17, 15) is 0 Å². The van der Waals surface area contributed by atoms with Gasteiger partial charge in [0.2, 0.25) is 0 Å². The van der Waals surface area contributed by atoms with Crippen molar-refractivity contribution in [2.75, 3.05) is 13.2 Å². The molecule has 3 rings (SSSR count). The Bertz CT molecular complexity index is 552. The Morgan fingerprint density at radius 3 is 2.90 bits per heavy atom. The Labute approximate surface area is 118 Å². The molecule has 0 saturated carbocycles. The van der Waals surface area contributed by atoms with E-state index in [4.69, 9.17) is 10.5 Å². The van der Waals surface area contributed by atoms with Crippen LogP contribution in [0.2, 0.25) is 0 Å². The quantitative estimate of drug-likeness (QED) is 0.894.